The lowest BCUT2D eigenvalue weighted by atomic mass is 10.0. The Labute approximate surface area is 148 Å². The maximum Gasteiger partial charge on any atom is 0.0881 e. The first-order valence-corrected chi connectivity index (χ1v) is 10.8. The smallest absolute Gasteiger partial charge is 0.0881 e. The Hall–Kier alpha value is -0.0400. The topological polar surface area (TPSA) is 0 Å². The van der Waals surface area contributed by atoms with Gasteiger partial charge in [-0.25, -0.2) is 0 Å². The molecule has 0 aromatic carbocycles. The average Bonchev–Trinajstić information content (AvgIpc) is 2.50. The summed E-state index contributed by atoms with van der Waals surface area (Å²) >= 11 is 0. The van der Waals surface area contributed by atoms with Crippen molar-refractivity contribution in [2.75, 3.05) is 21.1 Å². The van der Waals surface area contributed by atoms with Crippen LogP contribution in [0.5, 0.6) is 0 Å². The van der Waals surface area contributed by atoms with E-state index in [1.807, 2.05) is 0 Å². The van der Waals surface area contributed by atoms with E-state index >= 15 is 0 Å². The van der Waals surface area contributed by atoms with Gasteiger partial charge < -0.3 is 4.48 Å². The molecule has 0 radical (unpaired) electrons. The second kappa shape index (κ2) is 15.5. The summed E-state index contributed by atoms with van der Waals surface area (Å²) in [6.07, 6.45) is 23.2. The molecule has 0 aliphatic rings. The predicted octanol–water partition coefficient (Wildman–Crippen LogP) is 7.34. The minimum Gasteiger partial charge on any atom is -0.328 e. The minimum absolute atomic E-state index is 0.854. The summed E-state index contributed by atoms with van der Waals surface area (Å²) in [5.41, 5.74) is 0. The molecule has 0 saturated heterocycles. The molecular formula is C22H48N+. The van der Waals surface area contributed by atoms with Crippen LogP contribution in [0.1, 0.15) is 117 Å². The van der Waals surface area contributed by atoms with Crippen LogP contribution in [0.3, 0.4) is 0 Å². The van der Waals surface area contributed by atoms with Crippen LogP contribution in [-0.4, -0.2) is 31.7 Å². The highest BCUT2D eigenvalue weighted by Gasteiger charge is 2.20. The molecule has 0 amide bonds. The first-order chi connectivity index (χ1) is 11.0. The molecule has 0 saturated carbocycles. The molecule has 0 aromatic heterocycles. The molecular weight excluding hydrogens is 278 g/mol. The van der Waals surface area contributed by atoms with Crippen LogP contribution in [0.25, 0.3) is 0 Å². The highest BCUT2D eigenvalue weighted by atomic mass is 15.3. The normalized spacial score (nSPS) is 13.4. The summed E-state index contributed by atoms with van der Waals surface area (Å²) in [6.45, 7) is 4.64. The van der Waals surface area contributed by atoms with Crippen LogP contribution in [0.15, 0.2) is 0 Å². The number of hydrogen-bond donors (Lipinski definition) is 0. The van der Waals surface area contributed by atoms with Gasteiger partial charge in [-0.15, -0.1) is 0 Å². The van der Waals surface area contributed by atoms with E-state index in [2.05, 4.69) is 35.0 Å². The van der Waals surface area contributed by atoms with E-state index in [1.54, 1.807) is 0 Å². The largest absolute Gasteiger partial charge is 0.328 e. The first kappa shape index (κ1) is 23.0. The van der Waals surface area contributed by atoms with E-state index in [1.165, 1.54) is 103 Å². The van der Waals surface area contributed by atoms with E-state index in [4.69, 9.17) is 0 Å². The Morgan fingerprint density at radius 1 is 0.522 bits per heavy atom. The Bertz CT molecular complexity index is 229. The van der Waals surface area contributed by atoms with Crippen LogP contribution in [-0.2, 0) is 0 Å². The van der Waals surface area contributed by atoms with Gasteiger partial charge in [-0.2, -0.15) is 0 Å². The molecule has 0 aliphatic carbocycles. The summed E-state index contributed by atoms with van der Waals surface area (Å²) < 4.78 is 1.13. The molecule has 1 unspecified atom stereocenters. The van der Waals surface area contributed by atoms with Gasteiger partial charge in [0.15, 0.2) is 0 Å². The van der Waals surface area contributed by atoms with E-state index in [0.29, 0.717) is 0 Å². The molecule has 1 atom stereocenters. The zero-order valence-corrected chi connectivity index (χ0v) is 17.3. The van der Waals surface area contributed by atoms with Crippen molar-refractivity contribution in [2.45, 2.75) is 123 Å². The fraction of sp³-hybridized carbons (Fsp3) is 1.00. The van der Waals surface area contributed by atoms with E-state index in [9.17, 15) is 0 Å². The van der Waals surface area contributed by atoms with E-state index in [-0.39, 0.29) is 0 Å². The van der Waals surface area contributed by atoms with E-state index in [0.717, 1.165) is 10.5 Å². The van der Waals surface area contributed by atoms with Crippen molar-refractivity contribution >= 4 is 0 Å². The van der Waals surface area contributed by atoms with Gasteiger partial charge in [0, 0.05) is 0 Å². The molecule has 0 spiro atoms. The number of unbranched alkanes of at least 4 members (excludes halogenated alkanes) is 13. The standard InChI is InChI=1S/C22H48N/c1-6-8-9-10-11-12-13-14-15-16-17-18-19-20-21-22(7-2)23(3,4)5/h22H,6-21H2,1-5H3/q+1. The fourth-order valence-corrected chi connectivity index (χ4v) is 3.71. The van der Waals surface area contributed by atoms with Gasteiger partial charge in [-0.3, -0.25) is 0 Å². The Kier molecular flexibility index (Phi) is 15.5. The predicted molar refractivity (Wildman–Crippen MR) is 107 cm³/mol. The van der Waals surface area contributed by atoms with Gasteiger partial charge in [0.05, 0.1) is 27.2 Å². The molecule has 1 nitrogen and oxygen atoms in total. The third kappa shape index (κ3) is 15.2. The highest BCUT2D eigenvalue weighted by molar-refractivity contribution is 4.56. The Morgan fingerprint density at radius 2 is 0.870 bits per heavy atom. The number of hydrogen-bond acceptors (Lipinski definition) is 0. The van der Waals surface area contributed by atoms with Crippen LogP contribution in [0.2, 0.25) is 0 Å². The molecule has 0 aromatic rings. The van der Waals surface area contributed by atoms with Gasteiger partial charge >= 0.3 is 0 Å². The van der Waals surface area contributed by atoms with Crippen molar-refractivity contribution in [3.8, 4) is 0 Å². The molecule has 0 aliphatic heterocycles. The minimum atomic E-state index is 0.854. The van der Waals surface area contributed by atoms with Crippen molar-refractivity contribution in [3.63, 3.8) is 0 Å². The maximum atomic E-state index is 2.35. The van der Waals surface area contributed by atoms with Crippen molar-refractivity contribution in [2.24, 2.45) is 0 Å². The van der Waals surface area contributed by atoms with Crippen LogP contribution >= 0.6 is 0 Å². The van der Waals surface area contributed by atoms with Gasteiger partial charge in [-0.1, -0.05) is 97.3 Å². The summed E-state index contributed by atoms with van der Waals surface area (Å²) in [6, 6.07) is 0.854. The lowest BCUT2D eigenvalue weighted by Gasteiger charge is -2.33. The van der Waals surface area contributed by atoms with Gasteiger partial charge in [-0.05, 0) is 19.3 Å². The average molecular weight is 327 g/mol. The summed E-state index contributed by atoms with van der Waals surface area (Å²) in [5.74, 6) is 0. The molecule has 140 valence electrons. The summed E-state index contributed by atoms with van der Waals surface area (Å²) in [5, 5.41) is 0. The monoisotopic (exact) mass is 326 g/mol. The van der Waals surface area contributed by atoms with Crippen LogP contribution in [0, 0.1) is 0 Å². The molecule has 0 rings (SSSR count). The van der Waals surface area contributed by atoms with Crippen molar-refractivity contribution in [1.82, 2.24) is 0 Å². The zero-order chi connectivity index (χ0) is 17.4. The third-order valence-corrected chi connectivity index (χ3v) is 5.46. The highest BCUT2D eigenvalue weighted by Crippen LogP contribution is 2.17. The Balaban J connectivity index is 3.22. The maximum absolute atomic E-state index is 2.35. The SMILES string of the molecule is CCCCCCCCCCCCCCCCC(CC)[N+](C)(C)C. The second-order valence-electron chi connectivity index (χ2n) is 8.56. The van der Waals surface area contributed by atoms with Crippen LogP contribution < -0.4 is 0 Å². The molecule has 23 heavy (non-hydrogen) atoms. The number of rotatable bonds is 17. The fourth-order valence-electron chi connectivity index (χ4n) is 3.71. The number of nitrogens with zero attached hydrogens (tertiary/aromatic N) is 1. The van der Waals surface area contributed by atoms with Crippen molar-refractivity contribution in [3.05, 3.63) is 0 Å². The quantitative estimate of drug-likeness (QED) is 0.194. The lowest BCUT2D eigenvalue weighted by Crippen LogP contribution is -2.44. The van der Waals surface area contributed by atoms with E-state index < -0.39 is 0 Å². The molecule has 0 N–H and O–H groups in total. The molecule has 0 fully saturated rings. The lowest BCUT2D eigenvalue weighted by molar-refractivity contribution is -0.896. The first-order valence-electron chi connectivity index (χ1n) is 10.8. The Morgan fingerprint density at radius 3 is 1.17 bits per heavy atom. The second-order valence-corrected chi connectivity index (χ2v) is 8.56. The molecule has 0 heterocycles. The van der Waals surface area contributed by atoms with Crippen molar-refractivity contribution < 1.29 is 4.48 Å². The zero-order valence-electron chi connectivity index (χ0n) is 17.3. The molecule has 0 bridgehead atoms. The summed E-state index contributed by atoms with van der Waals surface area (Å²) in [4.78, 5) is 0. The van der Waals surface area contributed by atoms with Gasteiger partial charge in [0.2, 0.25) is 0 Å². The number of quaternary nitrogens is 1. The van der Waals surface area contributed by atoms with Crippen LogP contribution in [0.4, 0.5) is 0 Å². The van der Waals surface area contributed by atoms with Gasteiger partial charge in [0.25, 0.3) is 0 Å². The van der Waals surface area contributed by atoms with Crippen molar-refractivity contribution in [1.29, 1.82) is 0 Å². The van der Waals surface area contributed by atoms with Gasteiger partial charge in [0.1, 0.15) is 0 Å². The molecule has 1 heteroatoms. The third-order valence-electron chi connectivity index (χ3n) is 5.46. The summed E-state index contributed by atoms with van der Waals surface area (Å²) in [7, 11) is 7.04.